The Bertz CT molecular complexity index is 165. The first-order chi connectivity index (χ1) is 6.27. The molecule has 76 valence electrons. The molecule has 2 unspecified atom stereocenters. The highest BCUT2D eigenvalue weighted by Gasteiger charge is 2.38. The van der Waals surface area contributed by atoms with Crippen molar-refractivity contribution in [2.45, 2.75) is 52.0 Å². The molecule has 2 atom stereocenters. The highest BCUT2D eigenvalue weighted by molar-refractivity contribution is 4.93. The molecule has 0 aromatic rings. The van der Waals surface area contributed by atoms with Crippen LogP contribution in [-0.4, -0.2) is 24.0 Å². The molecule has 0 N–H and O–H groups in total. The Morgan fingerprint density at radius 1 is 1.15 bits per heavy atom. The Morgan fingerprint density at radius 2 is 1.92 bits per heavy atom. The van der Waals surface area contributed by atoms with E-state index < -0.39 is 0 Å². The van der Waals surface area contributed by atoms with Gasteiger partial charge in [-0.25, -0.2) is 0 Å². The molecular weight excluding hydrogens is 158 g/mol. The molecule has 1 nitrogen and oxygen atoms in total. The van der Waals surface area contributed by atoms with E-state index in [1.165, 1.54) is 45.2 Å². The summed E-state index contributed by atoms with van der Waals surface area (Å²) in [6, 6.07) is 0.977. The molecule has 0 radical (unpaired) electrons. The highest BCUT2D eigenvalue weighted by Crippen LogP contribution is 2.36. The van der Waals surface area contributed by atoms with Crippen molar-refractivity contribution in [3.63, 3.8) is 0 Å². The average Bonchev–Trinajstić information content (AvgIpc) is 2.22. The van der Waals surface area contributed by atoms with Crippen LogP contribution >= 0.6 is 0 Å². The molecular formula is C12H23N. The molecule has 0 aromatic carbocycles. The van der Waals surface area contributed by atoms with Crippen LogP contribution in [0.1, 0.15) is 46.0 Å². The predicted molar refractivity (Wildman–Crippen MR) is 56.8 cm³/mol. The van der Waals surface area contributed by atoms with Crippen molar-refractivity contribution in [3.05, 3.63) is 0 Å². The summed E-state index contributed by atoms with van der Waals surface area (Å²) in [6.45, 7) is 7.41. The second kappa shape index (κ2) is 4.00. The number of hydrogen-bond acceptors (Lipinski definition) is 1. The van der Waals surface area contributed by atoms with Gasteiger partial charge in [-0.15, -0.1) is 0 Å². The van der Waals surface area contributed by atoms with Gasteiger partial charge in [0, 0.05) is 19.1 Å². The van der Waals surface area contributed by atoms with E-state index in [1.54, 1.807) is 0 Å². The molecule has 0 bridgehead atoms. The molecule has 1 aliphatic carbocycles. The summed E-state index contributed by atoms with van der Waals surface area (Å²) in [5.74, 6) is 1.92. The van der Waals surface area contributed by atoms with E-state index in [2.05, 4.69) is 18.7 Å². The lowest BCUT2D eigenvalue weighted by molar-refractivity contribution is 0.00138. The Balaban J connectivity index is 1.83. The molecule has 1 saturated heterocycles. The Kier molecular flexibility index (Phi) is 2.92. The lowest BCUT2D eigenvalue weighted by Gasteiger charge is -2.48. The Hall–Kier alpha value is -0.0400. The van der Waals surface area contributed by atoms with Crippen molar-refractivity contribution in [1.82, 2.24) is 4.90 Å². The summed E-state index contributed by atoms with van der Waals surface area (Å²) in [6.07, 6.45) is 7.46. The molecule has 0 spiro atoms. The van der Waals surface area contributed by atoms with Crippen LogP contribution in [0.15, 0.2) is 0 Å². The van der Waals surface area contributed by atoms with Gasteiger partial charge >= 0.3 is 0 Å². The smallest absolute Gasteiger partial charge is 0.0136 e. The van der Waals surface area contributed by atoms with Gasteiger partial charge in [0.15, 0.2) is 0 Å². The zero-order valence-electron chi connectivity index (χ0n) is 9.13. The molecule has 2 rings (SSSR count). The second-order valence-corrected chi connectivity index (χ2v) is 5.31. The third-order valence-corrected chi connectivity index (χ3v) is 3.66. The Labute approximate surface area is 82.5 Å². The number of likely N-dealkylation sites (tertiary alicyclic amines) is 1. The summed E-state index contributed by atoms with van der Waals surface area (Å²) in [5, 5.41) is 0. The minimum Gasteiger partial charge on any atom is -0.299 e. The zero-order chi connectivity index (χ0) is 9.26. The number of nitrogens with zero attached hydrogens (tertiary/aromatic N) is 1. The van der Waals surface area contributed by atoms with Crippen molar-refractivity contribution >= 4 is 0 Å². The predicted octanol–water partition coefficient (Wildman–Crippen LogP) is 2.91. The highest BCUT2D eigenvalue weighted by atomic mass is 15.2. The van der Waals surface area contributed by atoms with Crippen LogP contribution < -0.4 is 0 Å². The van der Waals surface area contributed by atoms with Gasteiger partial charge in [0.1, 0.15) is 0 Å². The molecule has 13 heavy (non-hydrogen) atoms. The first-order valence-electron chi connectivity index (χ1n) is 6.01. The van der Waals surface area contributed by atoms with Crippen molar-refractivity contribution in [3.8, 4) is 0 Å². The lowest BCUT2D eigenvalue weighted by Crippen LogP contribution is -2.56. The maximum Gasteiger partial charge on any atom is 0.0136 e. The van der Waals surface area contributed by atoms with Crippen molar-refractivity contribution in [2.24, 2.45) is 11.8 Å². The molecule has 0 aromatic heterocycles. The maximum absolute atomic E-state index is 2.72. The Morgan fingerprint density at radius 3 is 2.69 bits per heavy atom. The van der Waals surface area contributed by atoms with Gasteiger partial charge in [-0.05, 0) is 24.7 Å². The zero-order valence-corrected chi connectivity index (χ0v) is 9.13. The quantitative estimate of drug-likeness (QED) is 0.633. The van der Waals surface area contributed by atoms with Gasteiger partial charge in [-0.1, -0.05) is 33.1 Å². The van der Waals surface area contributed by atoms with Crippen molar-refractivity contribution in [2.75, 3.05) is 13.1 Å². The van der Waals surface area contributed by atoms with Crippen LogP contribution in [0, 0.1) is 11.8 Å². The van der Waals surface area contributed by atoms with Crippen LogP contribution in [-0.2, 0) is 0 Å². The minimum atomic E-state index is 0.851. The van der Waals surface area contributed by atoms with Gasteiger partial charge < -0.3 is 0 Å². The summed E-state index contributed by atoms with van der Waals surface area (Å²) < 4.78 is 0. The third kappa shape index (κ3) is 2.07. The van der Waals surface area contributed by atoms with E-state index in [1.807, 2.05) is 0 Å². The van der Waals surface area contributed by atoms with Gasteiger partial charge in [-0.2, -0.15) is 0 Å². The number of hydrogen-bond donors (Lipinski definition) is 0. The fourth-order valence-electron chi connectivity index (χ4n) is 3.04. The van der Waals surface area contributed by atoms with E-state index in [9.17, 15) is 0 Å². The lowest BCUT2D eigenvalue weighted by atomic mass is 9.84. The van der Waals surface area contributed by atoms with Gasteiger partial charge in [0.05, 0.1) is 0 Å². The van der Waals surface area contributed by atoms with Crippen LogP contribution in [0.3, 0.4) is 0 Å². The topological polar surface area (TPSA) is 3.24 Å². The van der Waals surface area contributed by atoms with Crippen LogP contribution in [0.4, 0.5) is 0 Å². The molecule has 2 fully saturated rings. The van der Waals surface area contributed by atoms with Gasteiger partial charge in [0.2, 0.25) is 0 Å². The van der Waals surface area contributed by atoms with Crippen molar-refractivity contribution < 1.29 is 0 Å². The molecule has 1 saturated carbocycles. The van der Waals surface area contributed by atoms with E-state index >= 15 is 0 Å². The van der Waals surface area contributed by atoms with Gasteiger partial charge in [-0.3, -0.25) is 4.90 Å². The fraction of sp³-hybridized carbons (Fsp3) is 1.00. The molecule has 1 aliphatic heterocycles. The second-order valence-electron chi connectivity index (χ2n) is 5.31. The van der Waals surface area contributed by atoms with Crippen LogP contribution in [0.5, 0.6) is 0 Å². The SMILES string of the molecule is CC(C)CN1CC2CCCCCC21. The summed E-state index contributed by atoms with van der Waals surface area (Å²) >= 11 is 0. The van der Waals surface area contributed by atoms with E-state index in [4.69, 9.17) is 0 Å². The van der Waals surface area contributed by atoms with Gasteiger partial charge in [0.25, 0.3) is 0 Å². The van der Waals surface area contributed by atoms with E-state index in [0.29, 0.717) is 0 Å². The van der Waals surface area contributed by atoms with E-state index in [-0.39, 0.29) is 0 Å². The molecule has 1 heteroatoms. The summed E-state index contributed by atoms with van der Waals surface area (Å²) in [5.41, 5.74) is 0. The number of rotatable bonds is 2. The fourth-order valence-corrected chi connectivity index (χ4v) is 3.04. The largest absolute Gasteiger partial charge is 0.299 e. The number of fused-ring (bicyclic) bond motifs is 1. The van der Waals surface area contributed by atoms with E-state index in [0.717, 1.165) is 17.9 Å². The minimum absolute atomic E-state index is 0.851. The first-order valence-corrected chi connectivity index (χ1v) is 6.01. The average molecular weight is 181 g/mol. The molecule has 0 amide bonds. The first kappa shape index (κ1) is 9.51. The standard InChI is InChI=1S/C12H23N/c1-10(2)8-13-9-11-6-4-3-5-7-12(11)13/h10-12H,3-9H2,1-2H3. The normalized spacial score (nSPS) is 35.3. The molecule has 1 heterocycles. The monoisotopic (exact) mass is 181 g/mol. The molecule has 2 aliphatic rings. The maximum atomic E-state index is 2.72. The third-order valence-electron chi connectivity index (χ3n) is 3.66. The summed E-state index contributed by atoms with van der Waals surface area (Å²) in [4.78, 5) is 2.72. The summed E-state index contributed by atoms with van der Waals surface area (Å²) in [7, 11) is 0. The van der Waals surface area contributed by atoms with Crippen LogP contribution in [0.2, 0.25) is 0 Å². The van der Waals surface area contributed by atoms with Crippen LogP contribution in [0.25, 0.3) is 0 Å². The van der Waals surface area contributed by atoms with Crippen molar-refractivity contribution in [1.29, 1.82) is 0 Å².